The lowest BCUT2D eigenvalue weighted by atomic mass is 9.91. The van der Waals surface area contributed by atoms with Gasteiger partial charge >= 0.3 is 6.18 Å². The van der Waals surface area contributed by atoms with Crippen LogP contribution in [0.25, 0.3) is 0 Å². The van der Waals surface area contributed by atoms with Crippen LogP contribution in [0, 0.1) is 0 Å². The highest BCUT2D eigenvalue weighted by Crippen LogP contribution is 2.30. The maximum Gasteiger partial charge on any atom is 0.416 e. The third kappa shape index (κ3) is 4.32. The number of halogens is 3. The summed E-state index contributed by atoms with van der Waals surface area (Å²) < 4.78 is 37.9. The second kappa shape index (κ2) is 6.20. The second-order valence-corrected chi connectivity index (χ2v) is 6.61. The van der Waals surface area contributed by atoms with Crippen LogP contribution < -0.4 is 5.32 Å². The van der Waals surface area contributed by atoms with Crippen molar-refractivity contribution in [2.24, 2.45) is 0 Å². The molecule has 0 aliphatic carbocycles. The van der Waals surface area contributed by atoms with E-state index >= 15 is 0 Å². The average Bonchev–Trinajstić information content (AvgIpc) is 2.92. The van der Waals surface area contributed by atoms with Crippen molar-refractivity contribution >= 4 is 11.3 Å². The number of alkyl halides is 3. The third-order valence-corrected chi connectivity index (χ3v) is 4.57. The van der Waals surface area contributed by atoms with Gasteiger partial charge in [-0.05, 0) is 23.1 Å². The van der Waals surface area contributed by atoms with Crippen LogP contribution >= 0.6 is 11.3 Å². The second-order valence-electron chi connectivity index (χ2n) is 5.66. The van der Waals surface area contributed by atoms with Crippen LogP contribution in [-0.2, 0) is 18.1 Å². The Labute approximate surface area is 126 Å². The van der Waals surface area contributed by atoms with E-state index in [9.17, 15) is 13.2 Å². The van der Waals surface area contributed by atoms with E-state index in [0.29, 0.717) is 18.7 Å². The van der Waals surface area contributed by atoms with Gasteiger partial charge in [0.1, 0.15) is 0 Å². The van der Waals surface area contributed by atoms with E-state index in [1.165, 1.54) is 17.0 Å². The summed E-state index contributed by atoms with van der Waals surface area (Å²) >= 11 is 1.69. The molecule has 0 fully saturated rings. The van der Waals surface area contributed by atoms with Crippen molar-refractivity contribution in [3.63, 3.8) is 0 Å². The number of benzene rings is 1. The highest BCUT2D eigenvalue weighted by atomic mass is 32.1. The van der Waals surface area contributed by atoms with Gasteiger partial charge in [-0.3, -0.25) is 0 Å². The van der Waals surface area contributed by atoms with Gasteiger partial charge in [-0.1, -0.05) is 38.1 Å². The SMILES string of the molecule is CC(C)(CNCc1cccc(C(F)(F)F)c1)c1cccs1. The fourth-order valence-corrected chi connectivity index (χ4v) is 2.98. The van der Waals surface area contributed by atoms with Crippen molar-refractivity contribution in [3.8, 4) is 0 Å². The fourth-order valence-electron chi connectivity index (χ4n) is 2.13. The van der Waals surface area contributed by atoms with E-state index in [0.717, 1.165) is 6.07 Å². The molecule has 21 heavy (non-hydrogen) atoms. The summed E-state index contributed by atoms with van der Waals surface area (Å²) in [6.45, 7) is 5.39. The lowest BCUT2D eigenvalue weighted by molar-refractivity contribution is -0.137. The van der Waals surface area contributed by atoms with E-state index in [1.54, 1.807) is 17.4 Å². The van der Waals surface area contributed by atoms with Gasteiger partial charge in [0, 0.05) is 23.4 Å². The first-order valence-corrected chi connectivity index (χ1v) is 7.58. The van der Waals surface area contributed by atoms with Gasteiger partial charge in [-0.15, -0.1) is 11.3 Å². The van der Waals surface area contributed by atoms with Crippen LogP contribution in [0.4, 0.5) is 13.2 Å². The smallest absolute Gasteiger partial charge is 0.312 e. The first-order chi connectivity index (χ1) is 9.79. The Morgan fingerprint density at radius 3 is 2.48 bits per heavy atom. The van der Waals surface area contributed by atoms with Crippen LogP contribution in [0.1, 0.15) is 29.9 Å². The standard InChI is InChI=1S/C16H18F3NS/c1-15(2,14-7-4-8-21-14)11-20-10-12-5-3-6-13(9-12)16(17,18)19/h3-9,20H,10-11H2,1-2H3. The normalized spacial score (nSPS) is 12.6. The summed E-state index contributed by atoms with van der Waals surface area (Å²) in [6.07, 6.45) is -4.29. The molecule has 1 aromatic heterocycles. The topological polar surface area (TPSA) is 12.0 Å². The quantitative estimate of drug-likeness (QED) is 0.833. The summed E-state index contributed by atoms with van der Waals surface area (Å²) in [4.78, 5) is 1.26. The van der Waals surface area contributed by atoms with E-state index in [-0.39, 0.29) is 5.41 Å². The summed E-state index contributed by atoms with van der Waals surface area (Å²) in [6, 6.07) is 9.54. The van der Waals surface area contributed by atoms with Crippen molar-refractivity contribution in [1.82, 2.24) is 5.32 Å². The van der Waals surface area contributed by atoms with Crippen molar-refractivity contribution in [2.75, 3.05) is 6.54 Å². The Kier molecular flexibility index (Phi) is 4.74. The molecule has 0 saturated heterocycles. The van der Waals surface area contributed by atoms with Crippen LogP contribution in [0.2, 0.25) is 0 Å². The lowest BCUT2D eigenvalue weighted by Crippen LogP contribution is -2.31. The van der Waals surface area contributed by atoms with Crippen molar-refractivity contribution in [2.45, 2.75) is 32.0 Å². The molecule has 0 aliphatic heterocycles. The van der Waals surface area contributed by atoms with Gasteiger partial charge in [0.2, 0.25) is 0 Å². The average molecular weight is 313 g/mol. The van der Waals surface area contributed by atoms with E-state index < -0.39 is 11.7 Å². The van der Waals surface area contributed by atoms with Gasteiger partial charge < -0.3 is 5.32 Å². The first kappa shape index (κ1) is 16.0. The molecule has 1 nitrogen and oxygen atoms in total. The van der Waals surface area contributed by atoms with Crippen LogP contribution in [0.15, 0.2) is 41.8 Å². The number of thiophene rings is 1. The molecule has 0 aliphatic rings. The largest absolute Gasteiger partial charge is 0.416 e. The minimum Gasteiger partial charge on any atom is -0.312 e. The zero-order chi connectivity index (χ0) is 15.5. The zero-order valence-electron chi connectivity index (χ0n) is 12.0. The summed E-state index contributed by atoms with van der Waals surface area (Å²) in [5.74, 6) is 0. The Balaban J connectivity index is 1.95. The highest BCUT2D eigenvalue weighted by Gasteiger charge is 2.30. The molecule has 1 aromatic carbocycles. The molecule has 5 heteroatoms. The van der Waals surface area contributed by atoms with Gasteiger partial charge in [-0.2, -0.15) is 13.2 Å². The van der Waals surface area contributed by atoms with E-state index in [1.807, 2.05) is 11.4 Å². The van der Waals surface area contributed by atoms with Gasteiger partial charge in [-0.25, -0.2) is 0 Å². The summed E-state index contributed by atoms with van der Waals surface area (Å²) in [5.41, 5.74) is 0.0154. The van der Waals surface area contributed by atoms with Crippen LogP contribution in [-0.4, -0.2) is 6.54 Å². The van der Waals surface area contributed by atoms with Crippen LogP contribution in [0.3, 0.4) is 0 Å². The van der Waals surface area contributed by atoms with E-state index in [4.69, 9.17) is 0 Å². The Morgan fingerprint density at radius 2 is 1.86 bits per heavy atom. The lowest BCUT2D eigenvalue weighted by Gasteiger charge is -2.24. The third-order valence-electron chi connectivity index (χ3n) is 3.34. The minimum atomic E-state index is -4.29. The number of hydrogen-bond donors (Lipinski definition) is 1. The molecule has 0 saturated carbocycles. The fraction of sp³-hybridized carbons (Fsp3) is 0.375. The summed E-state index contributed by atoms with van der Waals surface area (Å²) in [7, 11) is 0. The van der Waals surface area contributed by atoms with Gasteiger partial charge in [0.05, 0.1) is 5.56 Å². The number of hydrogen-bond acceptors (Lipinski definition) is 2. The van der Waals surface area contributed by atoms with Crippen molar-refractivity contribution in [1.29, 1.82) is 0 Å². The predicted octanol–water partition coefficient (Wildman–Crippen LogP) is 4.83. The molecule has 2 rings (SSSR count). The Morgan fingerprint density at radius 1 is 1.10 bits per heavy atom. The molecule has 0 amide bonds. The predicted molar refractivity (Wildman–Crippen MR) is 80.5 cm³/mol. The maximum absolute atomic E-state index is 12.6. The molecule has 1 N–H and O–H groups in total. The molecule has 0 unspecified atom stereocenters. The monoisotopic (exact) mass is 313 g/mol. The molecule has 0 bridgehead atoms. The minimum absolute atomic E-state index is 0.0319. The van der Waals surface area contributed by atoms with E-state index in [2.05, 4.69) is 25.2 Å². The summed E-state index contributed by atoms with van der Waals surface area (Å²) in [5, 5.41) is 5.28. The maximum atomic E-state index is 12.6. The highest BCUT2D eigenvalue weighted by molar-refractivity contribution is 7.10. The molecule has 0 spiro atoms. The molecule has 2 aromatic rings. The van der Waals surface area contributed by atoms with Crippen molar-refractivity contribution in [3.05, 3.63) is 57.8 Å². The van der Waals surface area contributed by atoms with Crippen LogP contribution in [0.5, 0.6) is 0 Å². The van der Waals surface area contributed by atoms with Gasteiger partial charge in [0.25, 0.3) is 0 Å². The molecule has 1 heterocycles. The molecule has 0 atom stereocenters. The van der Waals surface area contributed by atoms with Crippen molar-refractivity contribution < 1.29 is 13.2 Å². The molecular weight excluding hydrogens is 295 g/mol. The molecule has 114 valence electrons. The molecule has 0 radical (unpaired) electrons. The van der Waals surface area contributed by atoms with Gasteiger partial charge in [0.15, 0.2) is 0 Å². The molecular formula is C16H18F3NS. The first-order valence-electron chi connectivity index (χ1n) is 6.70. The Hall–Kier alpha value is -1.33. The number of nitrogens with one attached hydrogen (secondary N) is 1. The zero-order valence-corrected chi connectivity index (χ0v) is 12.8. The number of rotatable bonds is 5. The Bertz CT molecular complexity index is 573.